The second kappa shape index (κ2) is 10.6. The number of methoxy groups -OCH3 is 2. The number of pyridine rings is 2. The number of likely N-dealkylation sites (N-methyl/N-ethyl adjacent to an activating group) is 1. The van der Waals surface area contributed by atoms with Crippen LogP contribution in [0.25, 0.3) is 22.3 Å². The van der Waals surface area contributed by atoms with Gasteiger partial charge in [-0.1, -0.05) is 6.92 Å². The van der Waals surface area contributed by atoms with Crippen molar-refractivity contribution in [1.82, 2.24) is 19.4 Å². The Morgan fingerprint density at radius 3 is 2.42 bits per heavy atom. The molecular formula is C30H36N4O6. The van der Waals surface area contributed by atoms with Crippen LogP contribution in [-0.4, -0.2) is 86.3 Å². The summed E-state index contributed by atoms with van der Waals surface area (Å²) in [6, 6.07) is 5.88. The standard InChI is InChI=1S/C30H36N4O6/c1-5-30(18-35,38-4)23-13-25-28-21(16-34(25)29(36)22(23)17-37-3)20(15-33-8-6-32(2)7-9-33)19-12-26-27(14-24(19)31-28)40-11-10-39-26/h12-14,18H,5-11,15-17H2,1-4H3. The van der Waals surface area contributed by atoms with Gasteiger partial charge in [-0.05, 0) is 31.2 Å². The number of ether oxygens (including phenoxy) is 4. The minimum atomic E-state index is -1.25. The molecule has 1 atom stereocenters. The minimum Gasteiger partial charge on any atom is -0.486 e. The Kier molecular flexibility index (Phi) is 7.12. The molecule has 10 heteroatoms. The van der Waals surface area contributed by atoms with Gasteiger partial charge >= 0.3 is 0 Å². The zero-order valence-corrected chi connectivity index (χ0v) is 23.6. The van der Waals surface area contributed by atoms with Crippen molar-refractivity contribution in [2.75, 3.05) is 60.7 Å². The van der Waals surface area contributed by atoms with Crippen LogP contribution in [0, 0.1) is 0 Å². The van der Waals surface area contributed by atoms with E-state index < -0.39 is 5.60 Å². The molecule has 3 aromatic rings. The molecule has 0 saturated carbocycles. The first-order valence-electron chi connectivity index (χ1n) is 13.9. The highest BCUT2D eigenvalue weighted by Gasteiger charge is 2.37. The van der Waals surface area contributed by atoms with Crippen molar-refractivity contribution in [2.45, 2.75) is 38.6 Å². The predicted octanol–water partition coefficient (Wildman–Crippen LogP) is 2.54. The zero-order chi connectivity index (χ0) is 28.0. The molecule has 5 heterocycles. The average Bonchev–Trinajstić information content (AvgIpc) is 3.34. The van der Waals surface area contributed by atoms with Gasteiger partial charge in [0.2, 0.25) is 0 Å². The Morgan fingerprint density at radius 1 is 1.05 bits per heavy atom. The van der Waals surface area contributed by atoms with E-state index >= 15 is 0 Å². The van der Waals surface area contributed by atoms with Gasteiger partial charge < -0.3 is 28.4 Å². The van der Waals surface area contributed by atoms with Crippen molar-refractivity contribution in [3.8, 4) is 22.9 Å². The Hall–Kier alpha value is -3.31. The number of rotatable bonds is 8. The van der Waals surface area contributed by atoms with E-state index in [-0.39, 0.29) is 12.2 Å². The lowest BCUT2D eigenvalue weighted by Crippen LogP contribution is -2.44. The lowest BCUT2D eigenvalue weighted by atomic mass is 9.88. The Labute approximate surface area is 233 Å². The molecule has 10 nitrogen and oxygen atoms in total. The van der Waals surface area contributed by atoms with Crippen molar-refractivity contribution < 1.29 is 23.7 Å². The molecule has 2 aromatic heterocycles. The second-order valence-electron chi connectivity index (χ2n) is 10.8. The number of hydrogen-bond acceptors (Lipinski definition) is 9. The molecule has 0 spiro atoms. The summed E-state index contributed by atoms with van der Waals surface area (Å²) in [6.45, 7) is 8.00. The molecule has 1 fully saturated rings. The summed E-state index contributed by atoms with van der Waals surface area (Å²) in [7, 11) is 5.19. The maximum Gasteiger partial charge on any atom is 0.257 e. The minimum absolute atomic E-state index is 0.0781. The van der Waals surface area contributed by atoms with Crippen molar-refractivity contribution in [2.24, 2.45) is 0 Å². The molecule has 1 saturated heterocycles. The van der Waals surface area contributed by atoms with E-state index in [1.54, 1.807) is 11.7 Å². The molecule has 0 bridgehead atoms. The summed E-state index contributed by atoms with van der Waals surface area (Å²) in [5, 5.41) is 1.01. The maximum absolute atomic E-state index is 14.0. The highest BCUT2D eigenvalue weighted by molar-refractivity contribution is 5.90. The fourth-order valence-electron chi connectivity index (χ4n) is 6.20. The van der Waals surface area contributed by atoms with E-state index in [0.717, 1.165) is 72.5 Å². The number of fused-ring (bicyclic) bond motifs is 5. The van der Waals surface area contributed by atoms with Gasteiger partial charge in [0, 0.05) is 75.1 Å². The molecule has 40 heavy (non-hydrogen) atoms. The first-order valence-corrected chi connectivity index (χ1v) is 13.9. The topological polar surface area (TPSA) is 95.4 Å². The number of piperazine rings is 1. The molecule has 0 radical (unpaired) electrons. The van der Waals surface area contributed by atoms with Gasteiger partial charge in [0.05, 0.1) is 30.1 Å². The maximum atomic E-state index is 14.0. The van der Waals surface area contributed by atoms with Gasteiger partial charge in [-0.2, -0.15) is 0 Å². The van der Waals surface area contributed by atoms with Crippen LogP contribution in [0.3, 0.4) is 0 Å². The summed E-state index contributed by atoms with van der Waals surface area (Å²) in [4.78, 5) is 36.3. The molecule has 1 unspecified atom stereocenters. The summed E-state index contributed by atoms with van der Waals surface area (Å²) in [5.41, 5.74) is 3.90. The molecule has 3 aliphatic rings. The highest BCUT2D eigenvalue weighted by atomic mass is 16.6. The van der Waals surface area contributed by atoms with Crippen LogP contribution in [0.1, 0.15) is 35.6 Å². The normalized spacial score (nSPS) is 18.4. The summed E-state index contributed by atoms with van der Waals surface area (Å²) < 4.78 is 24.8. The number of hydrogen-bond donors (Lipinski definition) is 0. The van der Waals surface area contributed by atoms with E-state index in [1.807, 2.05) is 25.1 Å². The number of aromatic nitrogens is 2. The van der Waals surface area contributed by atoms with Gasteiger partial charge in [0.25, 0.3) is 5.56 Å². The van der Waals surface area contributed by atoms with Gasteiger partial charge in [0.15, 0.2) is 17.8 Å². The first-order chi connectivity index (χ1) is 19.4. The highest BCUT2D eigenvalue weighted by Crippen LogP contribution is 2.42. The van der Waals surface area contributed by atoms with Crippen LogP contribution in [0.15, 0.2) is 23.0 Å². The van der Waals surface area contributed by atoms with E-state index in [2.05, 4.69) is 16.8 Å². The molecule has 6 rings (SSSR count). The van der Waals surface area contributed by atoms with Crippen LogP contribution in [0.2, 0.25) is 0 Å². The Morgan fingerprint density at radius 2 is 1.77 bits per heavy atom. The van der Waals surface area contributed by atoms with Crippen molar-refractivity contribution in [1.29, 1.82) is 0 Å². The quantitative estimate of drug-likeness (QED) is 0.308. The van der Waals surface area contributed by atoms with Crippen LogP contribution in [0.5, 0.6) is 11.5 Å². The van der Waals surface area contributed by atoms with Crippen molar-refractivity contribution in [3.05, 3.63) is 50.8 Å². The van der Waals surface area contributed by atoms with Crippen LogP contribution in [0.4, 0.5) is 0 Å². The number of carbonyl (C=O) groups excluding carboxylic acids is 1. The van der Waals surface area contributed by atoms with Crippen LogP contribution in [-0.2, 0) is 39.6 Å². The third kappa shape index (κ3) is 4.30. The SMILES string of the molecule is CCC(C=O)(OC)c1cc2n(c(=O)c1COC)Cc1c-2nc2cc3c(cc2c1CN1CCN(C)CC1)OCCO3. The third-order valence-corrected chi connectivity index (χ3v) is 8.63. The number of aldehydes is 1. The summed E-state index contributed by atoms with van der Waals surface area (Å²) >= 11 is 0. The van der Waals surface area contributed by atoms with Gasteiger partial charge in [0.1, 0.15) is 18.8 Å². The lowest BCUT2D eigenvalue weighted by Gasteiger charge is -2.33. The number of nitrogens with zero attached hydrogens (tertiary/aromatic N) is 4. The first kappa shape index (κ1) is 26.9. The van der Waals surface area contributed by atoms with Gasteiger partial charge in [-0.15, -0.1) is 0 Å². The third-order valence-electron chi connectivity index (χ3n) is 8.63. The molecule has 0 amide bonds. The molecule has 212 valence electrons. The largest absolute Gasteiger partial charge is 0.486 e. The predicted molar refractivity (Wildman–Crippen MR) is 150 cm³/mol. The number of benzene rings is 1. The molecule has 0 N–H and O–H groups in total. The zero-order valence-electron chi connectivity index (χ0n) is 23.6. The fraction of sp³-hybridized carbons (Fsp3) is 0.500. The lowest BCUT2D eigenvalue weighted by molar-refractivity contribution is -0.129. The molecule has 3 aliphatic heterocycles. The van der Waals surface area contributed by atoms with E-state index in [1.165, 1.54) is 7.11 Å². The van der Waals surface area contributed by atoms with Crippen LogP contribution >= 0.6 is 0 Å². The summed E-state index contributed by atoms with van der Waals surface area (Å²) in [6.07, 6.45) is 1.16. The Balaban J connectivity index is 1.58. The molecule has 0 aliphatic carbocycles. The molecular weight excluding hydrogens is 512 g/mol. The fourth-order valence-corrected chi connectivity index (χ4v) is 6.20. The second-order valence-corrected chi connectivity index (χ2v) is 10.8. The number of carbonyl (C=O) groups is 1. The van der Waals surface area contributed by atoms with Crippen molar-refractivity contribution >= 4 is 17.2 Å². The van der Waals surface area contributed by atoms with E-state index in [9.17, 15) is 9.59 Å². The molecule has 1 aromatic carbocycles. The van der Waals surface area contributed by atoms with E-state index in [4.69, 9.17) is 23.9 Å². The summed E-state index contributed by atoms with van der Waals surface area (Å²) in [5.74, 6) is 1.39. The van der Waals surface area contributed by atoms with Gasteiger partial charge in [-0.25, -0.2) is 4.98 Å². The Bertz CT molecular complexity index is 1520. The van der Waals surface area contributed by atoms with Crippen LogP contribution < -0.4 is 15.0 Å². The smallest absolute Gasteiger partial charge is 0.257 e. The van der Waals surface area contributed by atoms with Crippen molar-refractivity contribution in [3.63, 3.8) is 0 Å². The van der Waals surface area contributed by atoms with Gasteiger partial charge in [-0.3, -0.25) is 14.5 Å². The monoisotopic (exact) mass is 548 g/mol. The van der Waals surface area contributed by atoms with E-state index in [0.29, 0.717) is 48.7 Å². The average molecular weight is 549 g/mol.